The summed E-state index contributed by atoms with van der Waals surface area (Å²) in [7, 11) is 1.71. The molecule has 0 atom stereocenters. The largest absolute Gasteiger partial charge is 0.339 e. The number of aryl methyl sites for hydroxylation is 1. The molecular formula is C19H17ClN4O. The molecule has 1 N–H and O–H groups in total. The van der Waals surface area contributed by atoms with E-state index in [1.165, 1.54) is 17.3 Å². The molecule has 25 heavy (non-hydrogen) atoms. The van der Waals surface area contributed by atoms with Crippen LogP contribution in [-0.4, -0.2) is 22.9 Å². The summed E-state index contributed by atoms with van der Waals surface area (Å²) in [5, 5.41) is 3.79. The Morgan fingerprint density at radius 2 is 1.84 bits per heavy atom. The number of carbonyl (C=O) groups excluding carboxylic acids is 1. The summed E-state index contributed by atoms with van der Waals surface area (Å²) < 4.78 is 0. The highest BCUT2D eigenvalue weighted by Crippen LogP contribution is 2.22. The van der Waals surface area contributed by atoms with Gasteiger partial charge in [0.05, 0.1) is 12.4 Å². The van der Waals surface area contributed by atoms with E-state index in [4.69, 9.17) is 11.6 Å². The second kappa shape index (κ2) is 7.32. The first-order valence-electron chi connectivity index (χ1n) is 7.73. The fourth-order valence-electron chi connectivity index (χ4n) is 2.26. The van der Waals surface area contributed by atoms with Crippen molar-refractivity contribution in [3.63, 3.8) is 0 Å². The third-order valence-electron chi connectivity index (χ3n) is 3.76. The highest BCUT2D eigenvalue weighted by Gasteiger charge is 2.15. The zero-order chi connectivity index (χ0) is 17.8. The van der Waals surface area contributed by atoms with Gasteiger partial charge >= 0.3 is 0 Å². The molecule has 0 unspecified atom stereocenters. The van der Waals surface area contributed by atoms with E-state index in [-0.39, 0.29) is 11.6 Å². The van der Waals surface area contributed by atoms with Crippen LogP contribution < -0.4 is 10.2 Å². The fraction of sp³-hybridized carbons (Fsp3) is 0.105. The second-order valence-corrected chi connectivity index (χ2v) is 5.98. The van der Waals surface area contributed by atoms with Crippen LogP contribution in [0, 0.1) is 6.92 Å². The van der Waals surface area contributed by atoms with Crippen LogP contribution in [-0.2, 0) is 0 Å². The van der Waals surface area contributed by atoms with E-state index in [9.17, 15) is 4.79 Å². The Morgan fingerprint density at radius 3 is 2.48 bits per heavy atom. The Labute approximate surface area is 151 Å². The number of hydrogen-bond acceptors (Lipinski definition) is 4. The molecule has 0 fully saturated rings. The van der Waals surface area contributed by atoms with Crippen LogP contribution >= 0.6 is 11.6 Å². The SMILES string of the molecule is Cc1ccc(Nc2cnc(C(=O)N(C)c3ccccc3)cn2)cc1Cl. The lowest BCUT2D eigenvalue weighted by molar-refractivity contribution is 0.0988. The molecule has 0 bridgehead atoms. The zero-order valence-electron chi connectivity index (χ0n) is 13.9. The number of aromatic nitrogens is 2. The third kappa shape index (κ3) is 3.95. The van der Waals surface area contributed by atoms with Crippen LogP contribution in [0.2, 0.25) is 5.02 Å². The average molecular weight is 353 g/mol. The number of hydrogen-bond donors (Lipinski definition) is 1. The molecule has 5 nitrogen and oxygen atoms in total. The monoisotopic (exact) mass is 352 g/mol. The van der Waals surface area contributed by atoms with Crippen LogP contribution in [0.3, 0.4) is 0 Å². The molecule has 6 heteroatoms. The van der Waals surface area contributed by atoms with Crippen molar-refractivity contribution in [3.8, 4) is 0 Å². The molecule has 0 aliphatic carbocycles. The van der Waals surface area contributed by atoms with Gasteiger partial charge in [-0.2, -0.15) is 0 Å². The molecule has 0 saturated heterocycles. The van der Waals surface area contributed by atoms with E-state index < -0.39 is 0 Å². The Bertz CT molecular complexity index is 882. The quantitative estimate of drug-likeness (QED) is 0.753. The number of anilines is 3. The minimum absolute atomic E-state index is 0.219. The van der Waals surface area contributed by atoms with Crippen molar-refractivity contribution in [3.05, 3.63) is 77.2 Å². The van der Waals surface area contributed by atoms with Crippen LogP contribution in [0.4, 0.5) is 17.2 Å². The van der Waals surface area contributed by atoms with Crippen molar-refractivity contribution < 1.29 is 4.79 Å². The maximum Gasteiger partial charge on any atom is 0.278 e. The fourth-order valence-corrected chi connectivity index (χ4v) is 2.44. The maximum atomic E-state index is 12.5. The Balaban J connectivity index is 1.73. The van der Waals surface area contributed by atoms with Gasteiger partial charge in [-0.25, -0.2) is 9.97 Å². The van der Waals surface area contributed by atoms with Gasteiger partial charge in [0.1, 0.15) is 11.5 Å². The number of halogens is 1. The van der Waals surface area contributed by atoms with Crippen molar-refractivity contribution in [2.45, 2.75) is 6.92 Å². The molecule has 0 spiro atoms. The van der Waals surface area contributed by atoms with E-state index in [0.717, 1.165) is 16.9 Å². The number of rotatable bonds is 4. The van der Waals surface area contributed by atoms with Crippen molar-refractivity contribution in [1.29, 1.82) is 0 Å². The Morgan fingerprint density at radius 1 is 1.08 bits per heavy atom. The number of para-hydroxylation sites is 1. The number of amides is 1. The summed E-state index contributed by atoms with van der Waals surface area (Å²) in [4.78, 5) is 22.5. The summed E-state index contributed by atoms with van der Waals surface area (Å²) in [5.41, 5.74) is 2.89. The van der Waals surface area contributed by atoms with Gasteiger partial charge < -0.3 is 10.2 Å². The first-order valence-corrected chi connectivity index (χ1v) is 8.11. The highest BCUT2D eigenvalue weighted by atomic mass is 35.5. The number of nitrogens with one attached hydrogen (secondary N) is 1. The molecule has 0 aliphatic heterocycles. The van der Waals surface area contributed by atoms with Crippen LogP contribution in [0.5, 0.6) is 0 Å². The number of nitrogens with zero attached hydrogens (tertiary/aromatic N) is 3. The van der Waals surface area contributed by atoms with E-state index >= 15 is 0 Å². The minimum atomic E-state index is -0.219. The maximum absolute atomic E-state index is 12.5. The predicted molar refractivity (Wildman–Crippen MR) is 101 cm³/mol. The standard InChI is InChI=1S/C19H17ClN4O/c1-13-8-9-14(10-16(13)20)23-18-12-21-17(11-22-18)19(25)24(2)15-6-4-3-5-7-15/h3-12H,1-2H3,(H,22,23). The average Bonchev–Trinajstić information content (AvgIpc) is 2.65. The summed E-state index contributed by atoms with van der Waals surface area (Å²) in [5.74, 6) is 0.322. The molecular weight excluding hydrogens is 336 g/mol. The first-order chi connectivity index (χ1) is 12.0. The van der Waals surface area contributed by atoms with E-state index in [2.05, 4.69) is 15.3 Å². The van der Waals surface area contributed by atoms with Gasteiger partial charge in [0.25, 0.3) is 5.91 Å². The van der Waals surface area contributed by atoms with E-state index in [1.54, 1.807) is 7.05 Å². The number of benzene rings is 2. The van der Waals surface area contributed by atoms with Crippen LogP contribution in [0.1, 0.15) is 16.1 Å². The molecule has 1 aromatic heterocycles. The van der Waals surface area contributed by atoms with E-state index in [1.807, 2.05) is 55.5 Å². The number of carbonyl (C=O) groups is 1. The van der Waals surface area contributed by atoms with E-state index in [0.29, 0.717) is 10.8 Å². The van der Waals surface area contributed by atoms with Gasteiger partial charge in [0, 0.05) is 23.4 Å². The molecule has 0 aliphatic rings. The lowest BCUT2D eigenvalue weighted by Crippen LogP contribution is -2.27. The lowest BCUT2D eigenvalue weighted by Gasteiger charge is -2.16. The molecule has 1 amide bonds. The Hall–Kier alpha value is -2.92. The van der Waals surface area contributed by atoms with Crippen molar-refractivity contribution in [2.24, 2.45) is 0 Å². The predicted octanol–water partition coefficient (Wildman–Crippen LogP) is 4.46. The minimum Gasteiger partial charge on any atom is -0.339 e. The molecule has 126 valence electrons. The topological polar surface area (TPSA) is 58.1 Å². The van der Waals surface area contributed by atoms with Crippen molar-refractivity contribution in [2.75, 3.05) is 17.3 Å². The molecule has 3 aromatic rings. The van der Waals surface area contributed by atoms with Crippen LogP contribution in [0.15, 0.2) is 60.9 Å². The second-order valence-electron chi connectivity index (χ2n) is 5.58. The van der Waals surface area contributed by atoms with Crippen molar-refractivity contribution >= 4 is 34.7 Å². The normalized spacial score (nSPS) is 10.4. The summed E-state index contributed by atoms with van der Waals surface area (Å²) in [6.07, 6.45) is 2.99. The van der Waals surface area contributed by atoms with Gasteiger partial charge in [0.2, 0.25) is 0 Å². The molecule has 0 radical (unpaired) electrons. The highest BCUT2D eigenvalue weighted by molar-refractivity contribution is 6.31. The van der Waals surface area contributed by atoms with Gasteiger partial charge in [-0.05, 0) is 36.8 Å². The molecule has 1 heterocycles. The third-order valence-corrected chi connectivity index (χ3v) is 4.17. The van der Waals surface area contributed by atoms with Gasteiger partial charge in [-0.15, -0.1) is 0 Å². The van der Waals surface area contributed by atoms with Crippen LogP contribution in [0.25, 0.3) is 0 Å². The van der Waals surface area contributed by atoms with Gasteiger partial charge in [-0.1, -0.05) is 35.9 Å². The molecule has 0 saturated carbocycles. The molecule has 3 rings (SSSR count). The zero-order valence-corrected chi connectivity index (χ0v) is 14.7. The Kier molecular flexibility index (Phi) is 4.95. The summed E-state index contributed by atoms with van der Waals surface area (Å²) in [6.45, 7) is 1.94. The summed E-state index contributed by atoms with van der Waals surface area (Å²) >= 11 is 6.11. The smallest absolute Gasteiger partial charge is 0.278 e. The van der Waals surface area contributed by atoms with Gasteiger partial charge in [-0.3, -0.25) is 4.79 Å². The summed E-state index contributed by atoms with van der Waals surface area (Å²) in [6, 6.07) is 15.0. The van der Waals surface area contributed by atoms with Gasteiger partial charge in [0.15, 0.2) is 0 Å². The van der Waals surface area contributed by atoms with Crippen molar-refractivity contribution in [1.82, 2.24) is 9.97 Å². The lowest BCUT2D eigenvalue weighted by atomic mass is 10.2. The molecule has 2 aromatic carbocycles. The first kappa shape index (κ1) is 16.9.